The summed E-state index contributed by atoms with van der Waals surface area (Å²) in [6.45, 7) is 0. The van der Waals surface area contributed by atoms with E-state index in [1.165, 1.54) is 24.3 Å². The second-order valence-electron chi connectivity index (χ2n) is 5.43. The van der Waals surface area contributed by atoms with Crippen LogP contribution in [0.25, 0.3) is 0 Å². The minimum Gasteiger partial charge on any atom is -0.373 e. The molecule has 0 bridgehead atoms. The summed E-state index contributed by atoms with van der Waals surface area (Å²) in [4.78, 5) is 22.1. The molecule has 1 atom stereocenters. The van der Waals surface area contributed by atoms with Crippen molar-refractivity contribution in [2.24, 2.45) is 10.3 Å². The van der Waals surface area contributed by atoms with E-state index in [1.807, 2.05) is 0 Å². The van der Waals surface area contributed by atoms with Gasteiger partial charge in [-0.25, -0.2) is 5.43 Å². The molecular weight excluding hydrogens is 340 g/mol. The summed E-state index contributed by atoms with van der Waals surface area (Å²) in [5.41, 5.74) is 6.04. The summed E-state index contributed by atoms with van der Waals surface area (Å²) in [5, 5.41) is 29.9. The first-order valence-electron chi connectivity index (χ1n) is 7.54. The van der Waals surface area contributed by atoms with Crippen LogP contribution in [0.15, 0.2) is 58.9 Å². The summed E-state index contributed by atoms with van der Waals surface area (Å²) in [5.74, 6) is -0.456. The molecule has 0 aliphatic rings. The Bertz CT molecular complexity index is 789. The third-order valence-electron chi connectivity index (χ3n) is 3.21. The zero-order valence-corrected chi connectivity index (χ0v) is 14.2. The first kappa shape index (κ1) is 19.0. The molecule has 1 amide bonds. The van der Waals surface area contributed by atoms with Gasteiger partial charge in [0.2, 0.25) is 0 Å². The third kappa shape index (κ3) is 5.33. The molecule has 0 radical (unpaired) electrons. The predicted molar refractivity (Wildman–Crippen MR) is 93.3 cm³/mol. The van der Waals surface area contributed by atoms with E-state index in [4.69, 9.17) is 0 Å². The van der Waals surface area contributed by atoms with Crippen LogP contribution in [0.5, 0.6) is 0 Å². The Kier molecular flexibility index (Phi) is 6.31. The van der Waals surface area contributed by atoms with E-state index in [9.17, 15) is 20.0 Å². The zero-order chi connectivity index (χ0) is 19.1. The number of benzene rings is 2. The molecule has 2 rings (SSSR count). The lowest BCUT2D eigenvalue weighted by atomic mass is 10.2. The second-order valence-corrected chi connectivity index (χ2v) is 5.43. The van der Waals surface area contributed by atoms with Crippen LogP contribution >= 0.6 is 0 Å². The van der Waals surface area contributed by atoms with Crippen LogP contribution < -0.4 is 10.9 Å². The number of non-ortho nitro benzene ring substituents is 1. The standard InChI is InChI=1S/C16H18N6O4/c1-21(2)20-17-13-7-3-11(4-8-13)15(23)18-19-16(24)12-5-9-14(10-6-12)22(25)26/h3-10,16,19,24H,1-2H3,(H,18,23). The number of hydrogen-bond donors (Lipinski definition) is 3. The molecule has 0 aromatic heterocycles. The van der Waals surface area contributed by atoms with Crippen molar-refractivity contribution in [1.82, 2.24) is 15.9 Å². The van der Waals surface area contributed by atoms with E-state index in [1.54, 1.807) is 43.4 Å². The molecule has 0 spiro atoms. The molecule has 10 nitrogen and oxygen atoms in total. The molecule has 10 heteroatoms. The fourth-order valence-electron chi connectivity index (χ4n) is 1.89. The molecule has 0 aliphatic heterocycles. The molecule has 0 saturated heterocycles. The van der Waals surface area contributed by atoms with E-state index in [0.717, 1.165) is 0 Å². The summed E-state index contributed by atoms with van der Waals surface area (Å²) in [6.07, 6.45) is -1.21. The molecule has 0 heterocycles. The number of nitrogens with zero attached hydrogens (tertiary/aromatic N) is 4. The van der Waals surface area contributed by atoms with Gasteiger partial charge in [0.15, 0.2) is 0 Å². The van der Waals surface area contributed by atoms with Crippen molar-refractivity contribution < 1.29 is 14.8 Å². The van der Waals surface area contributed by atoms with Crippen molar-refractivity contribution in [3.63, 3.8) is 0 Å². The maximum Gasteiger partial charge on any atom is 0.269 e. The summed E-state index contributed by atoms with van der Waals surface area (Å²) < 4.78 is 0. The Labute approximate surface area is 149 Å². The maximum absolute atomic E-state index is 12.1. The van der Waals surface area contributed by atoms with E-state index < -0.39 is 17.1 Å². The van der Waals surface area contributed by atoms with Crippen molar-refractivity contribution in [3.05, 3.63) is 69.8 Å². The highest BCUT2D eigenvalue weighted by Crippen LogP contribution is 2.16. The van der Waals surface area contributed by atoms with Gasteiger partial charge in [-0.3, -0.25) is 25.3 Å². The largest absolute Gasteiger partial charge is 0.373 e. The first-order valence-corrected chi connectivity index (χ1v) is 7.54. The molecule has 2 aromatic carbocycles. The van der Waals surface area contributed by atoms with Gasteiger partial charge in [-0.1, -0.05) is 5.22 Å². The lowest BCUT2D eigenvalue weighted by Crippen LogP contribution is -2.39. The van der Waals surface area contributed by atoms with Gasteiger partial charge in [0, 0.05) is 31.8 Å². The number of aliphatic hydroxyl groups excluding tert-OH is 1. The van der Waals surface area contributed by atoms with Gasteiger partial charge in [0.05, 0.1) is 10.6 Å². The van der Waals surface area contributed by atoms with E-state index in [0.29, 0.717) is 16.8 Å². The van der Waals surface area contributed by atoms with Crippen molar-refractivity contribution in [2.75, 3.05) is 14.1 Å². The van der Waals surface area contributed by atoms with Gasteiger partial charge in [0.25, 0.3) is 11.6 Å². The molecule has 0 fully saturated rings. The minimum absolute atomic E-state index is 0.0866. The lowest BCUT2D eigenvalue weighted by Gasteiger charge is -2.14. The first-order chi connectivity index (χ1) is 12.4. The fraction of sp³-hybridized carbons (Fsp3) is 0.188. The number of nitro benzene ring substituents is 1. The van der Waals surface area contributed by atoms with Crippen LogP contribution in [0.2, 0.25) is 0 Å². The Morgan fingerprint density at radius 1 is 1.15 bits per heavy atom. The van der Waals surface area contributed by atoms with Crippen molar-refractivity contribution >= 4 is 17.3 Å². The van der Waals surface area contributed by atoms with Gasteiger partial charge in [-0.05, 0) is 42.0 Å². The highest BCUT2D eigenvalue weighted by Gasteiger charge is 2.12. The number of amides is 1. The number of aliphatic hydroxyl groups is 1. The predicted octanol–water partition coefficient (Wildman–Crippen LogP) is 2.08. The molecule has 26 heavy (non-hydrogen) atoms. The number of rotatable bonds is 7. The molecule has 0 aliphatic carbocycles. The quantitative estimate of drug-likeness (QED) is 0.300. The van der Waals surface area contributed by atoms with E-state index in [2.05, 4.69) is 21.2 Å². The summed E-state index contributed by atoms with van der Waals surface area (Å²) >= 11 is 0. The molecule has 1 unspecified atom stereocenters. The van der Waals surface area contributed by atoms with Crippen LogP contribution in [0.4, 0.5) is 11.4 Å². The van der Waals surface area contributed by atoms with E-state index in [-0.39, 0.29) is 5.69 Å². The topological polar surface area (TPSA) is 132 Å². The van der Waals surface area contributed by atoms with Crippen molar-refractivity contribution in [3.8, 4) is 0 Å². The van der Waals surface area contributed by atoms with E-state index >= 15 is 0 Å². The van der Waals surface area contributed by atoms with Gasteiger partial charge in [-0.15, -0.1) is 5.11 Å². The van der Waals surface area contributed by atoms with Crippen LogP contribution in [-0.2, 0) is 0 Å². The number of carbonyl (C=O) groups is 1. The van der Waals surface area contributed by atoms with Gasteiger partial charge >= 0.3 is 0 Å². The zero-order valence-electron chi connectivity index (χ0n) is 14.2. The second kappa shape index (κ2) is 8.65. The molecule has 136 valence electrons. The van der Waals surface area contributed by atoms with Crippen LogP contribution in [0.3, 0.4) is 0 Å². The average Bonchev–Trinajstić information content (AvgIpc) is 2.64. The molecule has 3 N–H and O–H groups in total. The van der Waals surface area contributed by atoms with Crippen molar-refractivity contribution in [1.29, 1.82) is 0 Å². The number of nitrogens with one attached hydrogen (secondary N) is 2. The summed E-state index contributed by atoms with van der Waals surface area (Å²) in [7, 11) is 3.49. The van der Waals surface area contributed by atoms with Crippen LogP contribution in [0, 0.1) is 10.1 Å². The highest BCUT2D eigenvalue weighted by atomic mass is 16.6. The maximum atomic E-state index is 12.1. The van der Waals surface area contributed by atoms with Crippen molar-refractivity contribution in [2.45, 2.75) is 6.23 Å². The molecule has 2 aromatic rings. The molecule has 0 saturated carbocycles. The normalized spacial score (nSPS) is 12.0. The van der Waals surface area contributed by atoms with Gasteiger partial charge in [0.1, 0.15) is 6.23 Å². The number of hydrazine groups is 1. The van der Waals surface area contributed by atoms with Gasteiger partial charge < -0.3 is 5.11 Å². The van der Waals surface area contributed by atoms with Crippen LogP contribution in [-0.4, -0.2) is 35.0 Å². The Morgan fingerprint density at radius 2 is 1.77 bits per heavy atom. The smallest absolute Gasteiger partial charge is 0.269 e. The SMILES string of the molecule is CN(C)N=Nc1ccc(C(=O)NNC(O)c2ccc([N+](=O)[O-])cc2)cc1. The number of hydrogen-bond acceptors (Lipinski definition) is 7. The minimum atomic E-state index is -1.21. The Morgan fingerprint density at radius 3 is 2.31 bits per heavy atom. The highest BCUT2D eigenvalue weighted by molar-refractivity contribution is 5.94. The fourth-order valence-corrected chi connectivity index (χ4v) is 1.89. The van der Waals surface area contributed by atoms with Crippen LogP contribution in [0.1, 0.15) is 22.1 Å². The summed E-state index contributed by atoms with van der Waals surface area (Å²) in [6, 6.07) is 11.7. The lowest BCUT2D eigenvalue weighted by molar-refractivity contribution is -0.384. The molecular formula is C16H18N6O4. The van der Waals surface area contributed by atoms with Gasteiger partial charge in [-0.2, -0.15) is 0 Å². The Balaban J connectivity index is 1.92. The average molecular weight is 358 g/mol. The third-order valence-corrected chi connectivity index (χ3v) is 3.21. The monoisotopic (exact) mass is 358 g/mol. The Hall–Kier alpha value is -3.37. The number of carbonyl (C=O) groups excluding carboxylic acids is 1. The number of nitro groups is 1.